The summed E-state index contributed by atoms with van der Waals surface area (Å²) in [5, 5.41) is 83.8. The summed E-state index contributed by atoms with van der Waals surface area (Å²) in [6.45, 7) is 6.69. The first-order chi connectivity index (χ1) is 46.3. The topological polar surface area (TPSA) is 375 Å². The maximum atomic E-state index is 14.3. The van der Waals surface area contributed by atoms with Crippen molar-refractivity contribution in [2.75, 3.05) is 56.2 Å². The van der Waals surface area contributed by atoms with Gasteiger partial charge in [0.15, 0.2) is 16.9 Å². The lowest BCUT2D eigenvalue weighted by atomic mass is 9.39. The molecule has 13 rings (SSSR count). The lowest BCUT2D eigenvalue weighted by Gasteiger charge is -2.69. The van der Waals surface area contributed by atoms with E-state index in [-0.39, 0.29) is 71.8 Å². The summed E-state index contributed by atoms with van der Waals surface area (Å²) in [5.41, 5.74) is 4.57. The molecule has 6 heterocycles. The molecule has 28 heteroatoms. The Morgan fingerprint density at radius 2 is 1.63 bits per heavy atom. The average Bonchev–Trinajstić information content (AvgIpc) is 1.19. The summed E-state index contributed by atoms with van der Waals surface area (Å²) in [5.74, 6) is -4.46. The molecule has 97 heavy (non-hydrogen) atoms. The molecule has 3 aromatic carbocycles. The van der Waals surface area contributed by atoms with Crippen LogP contribution in [0.5, 0.6) is 5.75 Å². The number of imide groups is 1. The Bertz CT molecular complexity index is 4010. The monoisotopic (exact) mass is 1350 g/mol. The number of hydrogen-bond acceptors (Lipinski definition) is 21. The molecular formula is C69H79N9O18S. The first-order valence-corrected chi connectivity index (χ1v) is 33.3. The zero-order chi connectivity index (χ0) is 68.7. The van der Waals surface area contributed by atoms with E-state index >= 15 is 0 Å². The van der Waals surface area contributed by atoms with Crippen LogP contribution in [-0.2, 0) is 65.9 Å². The van der Waals surface area contributed by atoms with E-state index in [2.05, 4.69) is 29.5 Å². The number of aromatic nitrogens is 4. The largest absolute Gasteiger partial charge is 0.479 e. The van der Waals surface area contributed by atoms with Crippen LogP contribution in [0, 0.1) is 23.2 Å². The predicted molar refractivity (Wildman–Crippen MR) is 349 cm³/mol. The molecule has 3 aromatic heterocycles. The van der Waals surface area contributed by atoms with Crippen molar-refractivity contribution >= 4 is 74.2 Å². The quantitative estimate of drug-likeness (QED) is 0.0251. The number of aliphatic carboxylic acids is 1. The Hall–Kier alpha value is -8.74. The number of para-hydroxylation sites is 1. The molecule has 4 saturated carbocycles. The van der Waals surface area contributed by atoms with Gasteiger partial charge < -0.3 is 69.8 Å². The van der Waals surface area contributed by atoms with Crippen molar-refractivity contribution < 1.29 is 88.3 Å². The summed E-state index contributed by atoms with van der Waals surface area (Å²) in [6.07, 6.45) is -1.58. The first-order valence-electron chi connectivity index (χ1n) is 32.5. The molecule has 0 spiro atoms. The Morgan fingerprint density at radius 3 is 2.36 bits per heavy atom. The normalized spacial score (nSPS) is 25.9. The second kappa shape index (κ2) is 27.6. The highest BCUT2D eigenvalue weighted by atomic mass is 32.1. The Kier molecular flexibility index (Phi) is 19.4. The standard InChI is InChI=1S/C69H79N9O18S/c1-39-46(44-15-16-51(73-55(44)61(88)89)76-22-19-41-9-6-10-45(47(41)28-76)60(87)74-64-72-48-11-4-5-12-50(48)97-64)27-71-78(39)38-68-33-66(2)32-67(3,34-68)36-69(35-66,37-68)94-25-24-75(23-20-43(80)30-79)65(92)93-31-42-14-13-40(8-7-21-70-52(81)29-77-53(82)17-18-54(77)83)26-49(42)95-63-58(86)56(84)57(85)59(96-63)62(90)91/h4-6,9-18,26-27,43,56-59,63,79-80,84-86H,7-8,19-25,28-38H2,1-3H3,(H,70,81)(H,88,89)(H,90,91)(H,72,74,87)/t43-,56-,57-,58+,59-,63+,66?,67?,68?,69?/m0/s1. The molecule has 4 aliphatic carbocycles. The summed E-state index contributed by atoms with van der Waals surface area (Å²) >= 11 is 1.40. The lowest BCUT2D eigenvalue weighted by molar-refractivity contribution is -0.271. The fraction of sp³-hybridized carbons (Fsp3) is 0.478. The van der Waals surface area contributed by atoms with Gasteiger partial charge in [-0.2, -0.15) is 5.10 Å². The molecule has 5 fully saturated rings. The number of nitrogens with one attached hydrogen (secondary N) is 2. The molecule has 2 unspecified atom stereocenters. The molecule has 514 valence electrons. The number of rotatable bonds is 26. The highest BCUT2D eigenvalue weighted by molar-refractivity contribution is 7.22. The molecule has 3 aliphatic heterocycles. The smallest absolute Gasteiger partial charge is 0.410 e. The number of benzene rings is 3. The number of aliphatic hydroxyl groups excluding tert-OH is 5. The number of aliphatic hydroxyl groups is 5. The minimum Gasteiger partial charge on any atom is -0.479 e. The minimum absolute atomic E-state index is 0.0104. The Labute approximate surface area is 561 Å². The van der Waals surface area contributed by atoms with Crippen LogP contribution in [0.15, 0.2) is 91.1 Å². The van der Waals surface area contributed by atoms with E-state index in [1.807, 2.05) is 59.0 Å². The fourth-order valence-electron chi connectivity index (χ4n) is 16.3. The highest BCUT2D eigenvalue weighted by Crippen LogP contribution is 2.72. The van der Waals surface area contributed by atoms with Gasteiger partial charge in [0.25, 0.3) is 17.7 Å². The minimum atomic E-state index is -2.00. The number of carbonyl (C=O) groups is 7. The molecule has 9 N–H and O–H groups in total. The SMILES string of the molecule is Cc1c(-c2ccc(N3CCc4cccc(C(=O)Nc5nc6ccccc6s5)c4C3)nc2C(=O)O)cnn1CC12CC3(C)CC(C)(C1)CC(OCCN(CC[C@H](O)CO)C(=O)OCc1ccc(CCCNC(=O)CN4C(=O)C=CC4=O)cc1O[C@@H]1O[C@H](C(=O)O)[C@@H](O)[C@H](O)[C@H]1O)(C3)C2. The molecule has 1 saturated heterocycles. The molecule has 8 atom stereocenters. The molecule has 0 radical (unpaired) electrons. The number of carboxylic acid groups (broad SMARTS) is 2. The number of pyridine rings is 1. The van der Waals surface area contributed by atoms with Crippen molar-refractivity contribution in [1.29, 1.82) is 0 Å². The average molecular weight is 1350 g/mol. The van der Waals surface area contributed by atoms with E-state index in [1.165, 1.54) is 22.3 Å². The van der Waals surface area contributed by atoms with Gasteiger partial charge in [0, 0.05) is 79.4 Å². The summed E-state index contributed by atoms with van der Waals surface area (Å²) < 4.78 is 27.4. The van der Waals surface area contributed by atoms with Crippen LogP contribution in [0.25, 0.3) is 21.3 Å². The van der Waals surface area contributed by atoms with Crippen LogP contribution in [-0.4, -0.2) is 195 Å². The number of amides is 5. The second-order valence-corrected chi connectivity index (χ2v) is 28.5. The number of aryl methyl sites for hydroxylation is 1. The fourth-order valence-corrected chi connectivity index (χ4v) is 17.1. The number of nitrogens with zero attached hydrogens (tertiary/aromatic N) is 7. The zero-order valence-corrected chi connectivity index (χ0v) is 54.7. The van der Waals surface area contributed by atoms with E-state index in [1.54, 1.807) is 30.5 Å². The van der Waals surface area contributed by atoms with Crippen LogP contribution in [0.3, 0.4) is 0 Å². The van der Waals surface area contributed by atoms with Crippen LogP contribution in [0.1, 0.15) is 114 Å². The molecule has 4 bridgehead atoms. The zero-order valence-electron chi connectivity index (χ0n) is 53.9. The number of ether oxygens (including phenoxy) is 4. The third-order valence-electron chi connectivity index (χ3n) is 19.6. The van der Waals surface area contributed by atoms with Gasteiger partial charge in [-0.3, -0.25) is 34.1 Å². The number of thiazole rings is 1. The van der Waals surface area contributed by atoms with Crippen molar-refractivity contribution in [3.05, 3.63) is 130 Å². The molecule has 27 nitrogen and oxygen atoms in total. The Morgan fingerprint density at radius 1 is 0.866 bits per heavy atom. The second-order valence-electron chi connectivity index (χ2n) is 27.5. The molecule has 5 amide bonds. The number of carbonyl (C=O) groups excluding carboxylic acids is 5. The summed E-state index contributed by atoms with van der Waals surface area (Å²) in [7, 11) is 0. The van der Waals surface area contributed by atoms with Gasteiger partial charge in [-0.25, -0.2) is 24.4 Å². The lowest BCUT2D eigenvalue weighted by Crippen LogP contribution is -2.64. The molecule has 7 aliphatic rings. The third-order valence-corrected chi connectivity index (χ3v) is 20.6. The van der Waals surface area contributed by atoms with Gasteiger partial charge in [-0.1, -0.05) is 61.6 Å². The van der Waals surface area contributed by atoms with Gasteiger partial charge in [0.1, 0.15) is 43.0 Å². The predicted octanol–water partition coefficient (Wildman–Crippen LogP) is 5.14. The van der Waals surface area contributed by atoms with Gasteiger partial charge in [0.2, 0.25) is 12.2 Å². The van der Waals surface area contributed by atoms with Crippen LogP contribution < -0.4 is 20.3 Å². The van der Waals surface area contributed by atoms with E-state index in [4.69, 9.17) is 29.0 Å². The van der Waals surface area contributed by atoms with Crippen LogP contribution >= 0.6 is 11.3 Å². The van der Waals surface area contributed by atoms with E-state index in [0.717, 1.165) is 76.2 Å². The number of carboxylic acids is 2. The van der Waals surface area contributed by atoms with Crippen molar-refractivity contribution in [3.63, 3.8) is 0 Å². The van der Waals surface area contributed by atoms with Gasteiger partial charge in [-0.15, -0.1) is 0 Å². The molecule has 6 aromatic rings. The van der Waals surface area contributed by atoms with Crippen LogP contribution in [0.4, 0.5) is 15.7 Å². The van der Waals surface area contributed by atoms with Crippen molar-refractivity contribution in [3.8, 4) is 16.9 Å². The number of fused-ring (bicyclic) bond motifs is 2. The van der Waals surface area contributed by atoms with Gasteiger partial charge in [-0.05, 0) is 140 Å². The van der Waals surface area contributed by atoms with Gasteiger partial charge in [0.05, 0.1) is 41.3 Å². The third kappa shape index (κ3) is 14.6. The number of aromatic carboxylic acids is 1. The van der Waals surface area contributed by atoms with E-state index < -0.39 is 97.9 Å². The maximum absolute atomic E-state index is 14.3. The van der Waals surface area contributed by atoms with E-state index in [0.29, 0.717) is 78.5 Å². The number of anilines is 2. The van der Waals surface area contributed by atoms with Crippen LogP contribution in [0.2, 0.25) is 0 Å². The summed E-state index contributed by atoms with van der Waals surface area (Å²) in [4.78, 5) is 103. The van der Waals surface area contributed by atoms with Gasteiger partial charge >= 0.3 is 18.0 Å². The van der Waals surface area contributed by atoms with Crippen molar-refractivity contribution in [1.82, 2.24) is 34.9 Å². The maximum Gasteiger partial charge on any atom is 0.410 e. The summed E-state index contributed by atoms with van der Waals surface area (Å²) in [6, 6.07) is 21.7. The highest BCUT2D eigenvalue weighted by Gasteiger charge is 2.66. The number of hydrogen-bond donors (Lipinski definition) is 9. The first kappa shape index (κ1) is 68.2. The van der Waals surface area contributed by atoms with E-state index in [9.17, 15) is 69.3 Å². The van der Waals surface area contributed by atoms with Crippen molar-refractivity contribution in [2.45, 2.75) is 147 Å². The Balaban J connectivity index is 0.714. The molecular weight excluding hydrogens is 1270 g/mol. The van der Waals surface area contributed by atoms with Crippen molar-refractivity contribution in [2.24, 2.45) is 16.2 Å².